The SMILES string of the molecule is c1ccc(-c2cc(-c3cc(-n4c5ccccc5c5c6oc7ccccc7c6ccc54)cc4c3sc3ccccc34)nc(-c3ccccc3)n2)cc1.c1ccc(-c2nc(-c3ccccc3)nc(-c3cc(-n4c5ccccc5c5c6oc7ccccc7c6ccc54)cc4c3sc3ccccc34)n2)cc1. The summed E-state index contributed by atoms with van der Waals surface area (Å²) < 4.78 is 22.8. The van der Waals surface area contributed by atoms with Crippen molar-refractivity contribution >= 4 is 151 Å². The fourth-order valence-electron chi connectivity index (χ4n) is 15.3. The third-order valence-electron chi connectivity index (χ3n) is 19.8. The number of thiophene rings is 2. The molecule has 0 aliphatic carbocycles. The molecule has 0 unspecified atom stereocenters. The van der Waals surface area contributed by atoms with Crippen molar-refractivity contribution in [3.05, 3.63) is 322 Å². The van der Waals surface area contributed by atoms with Crippen LogP contribution in [-0.4, -0.2) is 34.1 Å². The number of hydrogen-bond acceptors (Lipinski definition) is 9. The van der Waals surface area contributed by atoms with E-state index >= 15 is 0 Å². The van der Waals surface area contributed by atoms with E-state index in [-0.39, 0.29) is 0 Å². The van der Waals surface area contributed by atoms with E-state index in [4.69, 9.17) is 33.8 Å². The molecule has 0 amide bonds. The minimum Gasteiger partial charge on any atom is -0.455 e. The van der Waals surface area contributed by atoms with Gasteiger partial charge < -0.3 is 18.0 Å². The normalized spacial score (nSPS) is 11.9. The fourth-order valence-corrected chi connectivity index (χ4v) is 17.7. The molecule has 476 valence electrons. The molecule has 14 aromatic carbocycles. The van der Waals surface area contributed by atoms with Crippen molar-refractivity contribution in [2.24, 2.45) is 0 Å². The molecule has 11 heteroatoms. The molecule has 8 heterocycles. The molecule has 0 radical (unpaired) electrons. The van der Waals surface area contributed by atoms with Crippen molar-refractivity contribution in [1.29, 1.82) is 0 Å². The van der Waals surface area contributed by atoms with Gasteiger partial charge >= 0.3 is 0 Å². The van der Waals surface area contributed by atoms with Gasteiger partial charge in [-0.05, 0) is 91.0 Å². The molecule has 0 aliphatic rings. The highest BCUT2D eigenvalue weighted by atomic mass is 32.1. The van der Waals surface area contributed by atoms with Gasteiger partial charge in [-0.15, -0.1) is 22.7 Å². The van der Waals surface area contributed by atoms with Crippen LogP contribution < -0.4 is 0 Å². The van der Waals surface area contributed by atoms with E-state index in [1.54, 1.807) is 11.3 Å². The van der Waals surface area contributed by atoms with Crippen LogP contribution >= 0.6 is 22.7 Å². The van der Waals surface area contributed by atoms with Gasteiger partial charge in [0.15, 0.2) is 23.3 Å². The quantitative estimate of drug-likeness (QED) is 0.149. The number of aromatic nitrogens is 7. The van der Waals surface area contributed by atoms with Crippen LogP contribution in [0.1, 0.15) is 0 Å². The zero-order valence-corrected chi connectivity index (χ0v) is 56.0. The first-order valence-electron chi connectivity index (χ1n) is 34.0. The Morgan fingerprint density at radius 1 is 0.245 bits per heavy atom. The monoisotopic (exact) mass is 1340 g/mol. The molecule has 0 atom stereocenters. The fraction of sp³-hybridized carbons (Fsp3) is 0. The minimum absolute atomic E-state index is 0.640. The van der Waals surface area contributed by atoms with Gasteiger partial charge in [0.1, 0.15) is 22.3 Å². The van der Waals surface area contributed by atoms with E-state index in [9.17, 15) is 0 Å². The maximum atomic E-state index is 6.61. The first kappa shape index (κ1) is 57.8. The van der Waals surface area contributed by atoms with Crippen molar-refractivity contribution < 1.29 is 8.83 Å². The highest BCUT2D eigenvalue weighted by Crippen LogP contribution is 2.48. The minimum atomic E-state index is 0.640. The van der Waals surface area contributed by atoms with Gasteiger partial charge in [0, 0.05) is 117 Å². The third-order valence-corrected chi connectivity index (χ3v) is 22.3. The summed E-state index contributed by atoms with van der Waals surface area (Å²) in [5.74, 6) is 2.63. The van der Waals surface area contributed by atoms with E-state index in [1.165, 1.54) is 35.6 Å². The van der Waals surface area contributed by atoms with Crippen LogP contribution in [0.5, 0.6) is 0 Å². The van der Waals surface area contributed by atoms with Crippen LogP contribution in [0.2, 0.25) is 0 Å². The maximum absolute atomic E-state index is 6.61. The summed E-state index contributed by atoms with van der Waals surface area (Å²) in [4.78, 5) is 25.8. The van der Waals surface area contributed by atoms with Gasteiger partial charge in [0.05, 0.1) is 44.2 Å². The summed E-state index contributed by atoms with van der Waals surface area (Å²) in [6, 6.07) is 112. The van der Waals surface area contributed by atoms with Crippen LogP contribution in [0.15, 0.2) is 330 Å². The van der Waals surface area contributed by atoms with Gasteiger partial charge in [-0.1, -0.05) is 231 Å². The Morgan fingerprint density at radius 2 is 0.618 bits per heavy atom. The Kier molecular flexibility index (Phi) is 13.2. The number of furan rings is 2. The van der Waals surface area contributed by atoms with Gasteiger partial charge in [0.25, 0.3) is 0 Å². The van der Waals surface area contributed by atoms with Gasteiger partial charge in [-0.25, -0.2) is 24.9 Å². The molecule has 22 aromatic rings. The molecule has 0 N–H and O–H groups in total. The van der Waals surface area contributed by atoms with Crippen LogP contribution in [0.4, 0.5) is 0 Å². The smallest absolute Gasteiger partial charge is 0.165 e. The molecule has 9 nitrogen and oxygen atoms in total. The summed E-state index contributed by atoms with van der Waals surface area (Å²) in [6.45, 7) is 0. The Labute approximate surface area is 590 Å². The van der Waals surface area contributed by atoms with Gasteiger partial charge in [-0.3, -0.25) is 0 Å². The van der Waals surface area contributed by atoms with Crippen LogP contribution in [0.3, 0.4) is 0 Å². The highest BCUT2D eigenvalue weighted by Gasteiger charge is 2.26. The molecule has 22 rings (SSSR count). The highest BCUT2D eigenvalue weighted by molar-refractivity contribution is 7.26. The molecule has 0 spiro atoms. The van der Waals surface area contributed by atoms with E-state index in [0.717, 1.165) is 148 Å². The molecule has 0 saturated carbocycles. The number of fused-ring (bicyclic) bond motifs is 20. The predicted octanol–water partition coefficient (Wildman–Crippen LogP) is 25.1. The topological polar surface area (TPSA) is 101 Å². The molecular weight excluding hydrogens is 1290 g/mol. The maximum Gasteiger partial charge on any atom is 0.165 e. The van der Waals surface area contributed by atoms with Crippen LogP contribution in [-0.2, 0) is 0 Å². The van der Waals surface area contributed by atoms with E-state index < -0.39 is 0 Å². The molecule has 0 aliphatic heterocycles. The average molecular weight is 1340 g/mol. The van der Waals surface area contributed by atoms with Crippen molar-refractivity contribution in [3.8, 4) is 79.4 Å². The van der Waals surface area contributed by atoms with Crippen LogP contribution in [0.25, 0.3) is 207 Å². The van der Waals surface area contributed by atoms with E-state index in [0.29, 0.717) is 23.3 Å². The second-order valence-corrected chi connectivity index (χ2v) is 27.8. The number of hydrogen-bond donors (Lipinski definition) is 0. The predicted molar refractivity (Wildman–Crippen MR) is 423 cm³/mol. The second kappa shape index (κ2) is 23.2. The number of benzene rings is 14. The Balaban J connectivity index is 0.000000133. The lowest BCUT2D eigenvalue weighted by atomic mass is 10.0. The molecule has 0 fully saturated rings. The lowest BCUT2D eigenvalue weighted by Crippen LogP contribution is -2.01. The largest absolute Gasteiger partial charge is 0.455 e. The number of nitrogens with zero attached hydrogens (tertiary/aromatic N) is 7. The Morgan fingerprint density at radius 3 is 1.11 bits per heavy atom. The Hall–Kier alpha value is -13.2. The second-order valence-electron chi connectivity index (χ2n) is 25.7. The van der Waals surface area contributed by atoms with Crippen molar-refractivity contribution in [1.82, 2.24) is 34.1 Å². The number of rotatable bonds is 8. The summed E-state index contributed by atoms with van der Waals surface area (Å²) in [7, 11) is 0. The summed E-state index contributed by atoms with van der Waals surface area (Å²) in [6.07, 6.45) is 0. The lowest BCUT2D eigenvalue weighted by molar-refractivity contribution is 0.672. The average Bonchev–Trinajstić information content (AvgIpc) is 1.56. The number of para-hydroxylation sites is 4. The lowest BCUT2D eigenvalue weighted by Gasteiger charge is -2.14. The Bertz CT molecular complexity index is 6590. The zero-order valence-electron chi connectivity index (χ0n) is 54.4. The molecule has 102 heavy (non-hydrogen) atoms. The molecule has 0 bridgehead atoms. The van der Waals surface area contributed by atoms with E-state index in [2.05, 4.69) is 252 Å². The standard InChI is InChI=1S/C46H27N3OS.C45H26N4OS/c1-3-13-28(14-4-1)37-27-38(48-46(47-37)29-15-5-2-6-16-29)36-26-30(25-35-32-18-9-12-22-42(32)51-45(35)36)49-39-20-10-7-19-34(39)43-40(49)24-23-33-31-17-8-11-21-41(31)50-44(33)43;1-3-13-27(14-4-1)43-46-44(28-15-5-2-6-16-28)48-45(47-43)35-26-29(25-34-31-18-9-12-22-39(31)51-42(34)35)49-36-20-10-7-19-33(36)40-37(49)24-23-32-30-17-8-11-21-38(30)50-41(32)40/h1-27H;1-26H. The van der Waals surface area contributed by atoms with Crippen molar-refractivity contribution in [2.75, 3.05) is 0 Å². The molecule has 8 aromatic heterocycles. The zero-order chi connectivity index (χ0) is 66.9. The van der Waals surface area contributed by atoms with Crippen molar-refractivity contribution in [2.45, 2.75) is 0 Å². The first-order chi connectivity index (χ1) is 50.6. The summed E-state index contributed by atoms with van der Waals surface area (Å²) in [5.41, 5.74) is 17.9. The summed E-state index contributed by atoms with van der Waals surface area (Å²) >= 11 is 3.60. The van der Waals surface area contributed by atoms with Gasteiger partial charge in [0.2, 0.25) is 0 Å². The first-order valence-corrected chi connectivity index (χ1v) is 35.7. The van der Waals surface area contributed by atoms with Gasteiger partial charge in [-0.2, -0.15) is 0 Å². The van der Waals surface area contributed by atoms with Crippen molar-refractivity contribution in [3.63, 3.8) is 0 Å². The summed E-state index contributed by atoms with van der Waals surface area (Å²) in [5, 5.41) is 13.9. The third kappa shape index (κ3) is 9.25. The van der Waals surface area contributed by atoms with E-state index in [1.807, 2.05) is 90.2 Å². The molecule has 0 saturated heterocycles. The molecular formula is C91H53N7O2S2. The van der Waals surface area contributed by atoms with Crippen LogP contribution in [0, 0.1) is 0 Å².